The fraction of sp³-hybridized carbons (Fsp3) is 0.706. The lowest BCUT2D eigenvalue weighted by atomic mass is 9.96. The van der Waals surface area contributed by atoms with E-state index in [0.29, 0.717) is 18.8 Å². The van der Waals surface area contributed by atoms with E-state index in [1.165, 1.54) is 6.26 Å². The zero-order valence-electron chi connectivity index (χ0n) is 13.9. The fourth-order valence-electron chi connectivity index (χ4n) is 3.84. The summed E-state index contributed by atoms with van der Waals surface area (Å²) in [5, 5.41) is 9.70. The van der Waals surface area contributed by atoms with Crippen LogP contribution in [-0.2, 0) is 4.74 Å². The van der Waals surface area contributed by atoms with Crippen LogP contribution in [0.5, 0.6) is 0 Å². The number of ether oxygens (including phenoxy) is 1. The second-order valence-corrected chi connectivity index (χ2v) is 6.87. The molecule has 3 rings (SSSR count). The minimum atomic E-state index is -0.0836. The van der Waals surface area contributed by atoms with E-state index in [0.717, 1.165) is 19.6 Å². The fourth-order valence-corrected chi connectivity index (χ4v) is 3.84. The van der Waals surface area contributed by atoms with Crippen molar-refractivity contribution < 1.29 is 19.1 Å². The number of morpholine rings is 1. The average molecular weight is 322 g/mol. The third-order valence-electron chi connectivity index (χ3n) is 4.82. The second-order valence-electron chi connectivity index (χ2n) is 6.87. The summed E-state index contributed by atoms with van der Waals surface area (Å²) in [4.78, 5) is 16.6. The molecule has 0 bridgehead atoms. The number of aliphatic hydroxyl groups is 1. The van der Waals surface area contributed by atoms with Crippen LogP contribution in [0.15, 0.2) is 22.8 Å². The highest BCUT2D eigenvalue weighted by molar-refractivity contribution is 5.91. The molecule has 0 aromatic carbocycles. The molecule has 0 unspecified atom stereocenters. The highest BCUT2D eigenvalue weighted by atomic mass is 16.5. The molecule has 2 aliphatic rings. The molecular weight excluding hydrogens is 296 g/mol. The largest absolute Gasteiger partial charge is 0.459 e. The first kappa shape index (κ1) is 16.5. The maximum atomic E-state index is 12.4. The Bertz CT molecular complexity index is 509. The van der Waals surface area contributed by atoms with Crippen molar-refractivity contribution >= 4 is 5.91 Å². The summed E-state index contributed by atoms with van der Waals surface area (Å²) in [7, 11) is 0. The SMILES string of the molecule is C[C@@H]1CN(C[C@@H]2CN(C(=O)c3ccco3)C[C@@H]2CO)C[C@H](C)O1. The van der Waals surface area contributed by atoms with E-state index in [4.69, 9.17) is 9.15 Å². The summed E-state index contributed by atoms with van der Waals surface area (Å²) >= 11 is 0. The van der Waals surface area contributed by atoms with Gasteiger partial charge in [0.2, 0.25) is 0 Å². The van der Waals surface area contributed by atoms with Crippen LogP contribution in [-0.4, -0.2) is 72.4 Å². The van der Waals surface area contributed by atoms with Crippen LogP contribution in [0.2, 0.25) is 0 Å². The van der Waals surface area contributed by atoms with Gasteiger partial charge in [0, 0.05) is 45.2 Å². The number of rotatable bonds is 4. The topological polar surface area (TPSA) is 66.2 Å². The number of furan rings is 1. The molecule has 0 spiro atoms. The number of aliphatic hydroxyl groups excluding tert-OH is 1. The Morgan fingerprint density at radius 1 is 1.22 bits per heavy atom. The number of hydrogen-bond acceptors (Lipinski definition) is 5. The predicted octanol–water partition coefficient (Wildman–Crippen LogP) is 1.07. The van der Waals surface area contributed by atoms with E-state index in [1.807, 2.05) is 0 Å². The third kappa shape index (κ3) is 3.76. The molecule has 23 heavy (non-hydrogen) atoms. The first-order valence-corrected chi connectivity index (χ1v) is 8.38. The van der Waals surface area contributed by atoms with Gasteiger partial charge in [-0.2, -0.15) is 0 Å². The van der Waals surface area contributed by atoms with Crippen molar-refractivity contribution in [1.82, 2.24) is 9.80 Å². The molecule has 128 valence electrons. The van der Waals surface area contributed by atoms with Crippen molar-refractivity contribution in [3.8, 4) is 0 Å². The van der Waals surface area contributed by atoms with Crippen molar-refractivity contribution in [2.24, 2.45) is 11.8 Å². The van der Waals surface area contributed by atoms with Crippen LogP contribution >= 0.6 is 0 Å². The Morgan fingerprint density at radius 2 is 1.91 bits per heavy atom. The number of carbonyl (C=O) groups is 1. The van der Waals surface area contributed by atoms with E-state index in [9.17, 15) is 9.90 Å². The lowest BCUT2D eigenvalue weighted by molar-refractivity contribution is -0.0726. The maximum absolute atomic E-state index is 12.4. The maximum Gasteiger partial charge on any atom is 0.289 e. The van der Waals surface area contributed by atoms with Gasteiger partial charge in [-0.1, -0.05) is 0 Å². The normalized spacial score (nSPS) is 32.4. The summed E-state index contributed by atoms with van der Waals surface area (Å²) in [5.74, 6) is 0.703. The van der Waals surface area contributed by atoms with Crippen molar-refractivity contribution in [2.45, 2.75) is 26.1 Å². The molecule has 2 aliphatic heterocycles. The molecular formula is C17H26N2O4. The molecule has 1 aromatic rings. The molecule has 3 heterocycles. The zero-order valence-corrected chi connectivity index (χ0v) is 13.9. The molecule has 0 aliphatic carbocycles. The van der Waals surface area contributed by atoms with Crippen LogP contribution in [0.4, 0.5) is 0 Å². The van der Waals surface area contributed by atoms with Gasteiger partial charge in [0.1, 0.15) is 0 Å². The standard InChI is InChI=1S/C17H26N2O4/c1-12-6-18(7-13(2)23-12)8-14-9-19(10-15(14)11-20)17(21)16-4-3-5-22-16/h3-5,12-15,20H,6-11H2,1-2H3/t12-,13+,14-,15-/m1/s1. The molecule has 1 amide bonds. The number of likely N-dealkylation sites (tertiary alicyclic amines) is 1. The Balaban J connectivity index is 1.62. The van der Waals surface area contributed by atoms with E-state index in [1.54, 1.807) is 17.0 Å². The van der Waals surface area contributed by atoms with Gasteiger partial charge < -0.3 is 19.2 Å². The molecule has 0 saturated carbocycles. The molecule has 1 N–H and O–H groups in total. The van der Waals surface area contributed by atoms with Gasteiger partial charge in [0.05, 0.1) is 18.5 Å². The van der Waals surface area contributed by atoms with Crippen LogP contribution in [0.25, 0.3) is 0 Å². The third-order valence-corrected chi connectivity index (χ3v) is 4.82. The quantitative estimate of drug-likeness (QED) is 0.898. The molecule has 6 heteroatoms. The summed E-state index contributed by atoms with van der Waals surface area (Å²) in [6, 6.07) is 3.41. The highest BCUT2D eigenvalue weighted by Gasteiger charge is 2.37. The lowest BCUT2D eigenvalue weighted by Gasteiger charge is -2.37. The lowest BCUT2D eigenvalue weighted by Crippen LogP contribution is -2.48. The van der Waals surface area contributed by atoms with E-state index in [2.05, 4.69) is 18.7 Å². The number of carbonyl (C=O) groups excluding carboxylic acids is 1. The van der Waals surface area contributed by atoms with Gasteiger partial charge in [-0.3, -0.25) is 9.69 Å². The van der Waals surface area contributed by atoms with Crippen LogP contribution < -0.4 is 0 Å². The Labute approximate surface area is 137 Å². The van der Waals surface area contributed by atoms with Gasteiger partial charge in [-0.25, -0.2) is 0 Å². The van der Waals surface area contributed by atoms with Crippen LogP contribution in [0.1, 0.15) is 24.4 Å². The Morgan fingerprint density at radius 3 is 2.52 bits per heavy atom. The van der Waals surface area contributed by atoms with Crippen LogP contribution in [0.3, 0.4) is 0 Å². The predicted molar refractivity (Wildman–Crippen MR) is 85.1 cm³/mol. The summed E-state index contributed by atoms with van der Waals surface area (Å²) in [6.45, 7) is 8.27. The first-order chi connectivity index (χ1) is 11.1. The van der Waals surface area contributed by atoms with Crippen molar-refractivity contribution in [2.75, 3.05) is 39.3 Å². The summed E-state index contributed by atoms with van der Waals surface area (Å²) in [5.41, 5.74) is 0. The smallest absolute Gasteiger partial charge is 0.289 e. The molecule has 4 atom stereocenters. The van der Waals surface area contributed by atoms with Crippen molar-refractivity contribution in [3.05, 3.63) is 24.2 Å². The summed E-state index contributed by atoms with van der Waals surface area (Å²) in [6.07, 6.45) is 1.98. The van der Waals surface area contributed by atoms with Crippen molar-refractivity contribution in [1.29, 1.82) is 0 Å². The molecule has 2 fully saturated rings. The molecule has 1 aromatic heterocycles. The molecule has 6 nitrogen and oxygen atoms in total. The Kier molecular flexibility index (Phi) is 5.04. The molecule has 2 saturated heterocycles. The zero-order chi connectivity index (χ0) is 16.4. The van der Waals surface area contributed by atoms with Gasteiger partial charge in [-0.15, -0.1) is 0 Å². The number of hydrogen-bond donors (Lipinski definition) is 1. The molecule has 0 radical (unpaired) electrons. The van der Waals surface area contributed by atoms with E-state index >= 15 is 0 Å². The van der Waals surface area contributed by atoms with E-state index < -0.39 is 0 Å². The van der Waals surface area contributed by atoms with Crippen LogP contribution in [0, 0.1) is 11.8 Å². The minimum Gasteiger partial charge on any atom is -0.459 e. The minimum absolute atomic E-state index is 0.0836. The van der Waals surface area contributed by atoms with E-state index in [-0.39, 0.29) is 36.6 Å². The average Bonchev–Trinajstić information content (AvgIpc) is 3.14. The van der Waals surface area contributed by atoms with Gasteiger partial charge in [-0.05, 0) is 31.9 Å². The monoisotopic (exact) mass is 322 g/mol. The van der Waals surface area contributed by atoms with Gasteiger partial charge in [0.15, 0.2) is 5.76 Å². The number of amides is 1. The second kappa shape index (κ2) is 7.03. The Hall–Kier alpha value is -1.37. The van der Waals surface area contributed by atoms with Crippen molar-refractivity contribution in [3.63, 3.8) is 0 Å². The summed E-state index contributed by atoms with van der Waals surface area (Å²) < 4.78 is 11.0. The highest BCUT2D eigenvalue weighted by Crippen LogP contribution is 2.26. The number of nitrogens with zero attached hydrogens (tertiary/aromatic N) is 2. The van der Waals surface area contributed by atoms with Gasteiger partial charge >= 0.3 is 0 Å². The first-order valence-electron chi connectivity index (χ1n) is 8.38. The van der Waals surface area contributed by atoms with Gasteiger partial charge in [0.25, 0.3) is 5.91 Å².